The third kappa shape index (κ3) is 4.45. The van der Waals surface area contributed by atoms with Crippen molar-refractivity contribution in [2.45, 2.75) is 38.9 Å². The fourth-order valence-corrected chi connectivity index (χ4v) is 3.44. The topological polar surface area (TPSA) is 62.7 Å². The standard InChI is InChI=1S/C21H25N3O3/c1-16(24-13-5-8-20(24)25)21(26)23(14-17-9-11-22-12-10-17)15-18-6-3-4-7-19(18)27-2/h3-4,6-7,9-12,16H,5,8,13-15H2,1-2H3. The van der Waals surface area contributed by atoms with E-state index in [2.05, 4.69) is 4.98 Å². The lowest BCUT2D eigenvalue weighted by Crippen LogP contribution is -2.47. The largest absolute Gasteiger partial charge is 0.496 e. The Kier molecular flexibility index (Phi) is 6.06. The Labute approximate surface area is 159 Å². The quantitative estimate of drug-likeness (QED) is 0.755. The second-order valence-electron chi connectivity index (χ2n) is 6.73. The molecule has 6 heteroatoms. The van der Waals surface area contributed by atoms with Gasteiger partial charge < -0.3 is 14.5 Å². The molecule has 0 radical (unpaired) electrons. The Morgan fingerprint density at radius 3 is 2.63 bits per heavy atom. The van der Waals surface area contributed by atoms with Crippen LogP contribution in [-0.4, -0.2) is 46.3 Å². The van der Waals surface area contributed by atoms with Crippen LogP contribution in [0, 0.1) is 0 Å². The van der Waals surface area contributed by atoms with Crippen LogP contribution in [0.1, 0.15) is 30.9 Å². The third-order valence-corrected chi connectivity index (χ3v) is 4.92. The fraction of sp³-hybridized carbons (Fsp3) is 0.381. The summed E-state index contributed by atoms with van der Waals surface area (Å²) in [5, 5.41) is 0. The molecule has 3 rings (SSSR count). The van der Waals surface area contributed by atoms with E-state index in [1.54, 1.807) is 29.3 Å². The molecule has 0 N–H and O–H groups in total. The molecule has 1 aliphatic heterocycles. The molecule has 0 spiro atoms. The predicted molar refractivity (Wildman–Crippen MR) is 102 cm³/mol. The Bertz CT molecular complexity index is 794. The number of para-hydroxylation sites is 1. The second-order valence-corrected chi connectivity index (χ2v) is 6.73. The van der Waals surface area contributed by atoms with Gasteiger partial charge in [-0.1, -0.05) is 18.2 Å². The summed E-state index contributed by atoms with van der Waals surface area (Å²) in [5.41, 5.74) is 1.93. The number of hydrogen-bond donors (Lipinski definition) is 0. The number of ether oxygens (including phenoxy) is 1. The van der Waals surface area contributed by atoms with Crippen molar-refractivity contribution in [2.24, 2.45) is 0 Å². The number of rotatable bonds is 7. The van der Waals surface area contributed by atoms with E-state index in [0.29, 0.717) is 26.1 Å². The minimum absolute atomic E-state index is 0.0528. The minimum atomic E-state index is -0.475. The number of amides is 2. The van der Waals surface area contributed by atoms with E-state index in [0.717, 1.165) is 23.3 Å². The Morgan fingerprint density at radius 1 is 1.22 bits per heavy atom. The summed E-state index contributed by atoms with van der Waals surface area (Å²) in [7, 11) is 1.62. The molecule has 0 saturated carbocycles. The number of hydrogen-bond acceptors (Lipinski definition) is 4. The van der Waals surface area contributed by atoms with Crippen molar-refractivity contribution in [3.8, 4) is 5.75 Å². The normalized spacial score (nSPS) is 14.9. The van der Waals surface area contributed by atoms with Crippen LogP contribution >= 0.6 is 0 Å². The first kappa shape index (κ1) is 18.9. The monoisotopic (exact) mass is 367 g/mol. The number of pyridine rings is 1. The highest BCUT2D eigenvalue weighted by atomic mass is 16.5. The van der Waals surface area contributed by atoms with Gasteiger partial charge in [0.05, 0.1) is 7.11 Å². The predicted octanol–water partition coefficient (Wildman–Crippen LogP) is 2.63. The Hall–Kier alpha value is -2.89. The summed E-state index contributed by atoms with van der Waals surface area (Å²) in [5.74, 6) is 0.736. The van der Waals surface area contributed by atoms with Gasteiger partial charge in [-0.25, -0.2) is 0 Å². The number of likely N-dealkylation sites (tertiary alicyclic amines) is 1. The third-order valence-electron chi connectivity index (χ3n) is 4.92. The Balaban J connectivity index is 1.84. The maximum absolute atomic E-state index is 13.3. The molecule has 0 bridgehead atoms. The zero-order chi connectivity index (χ0) is 19.2. The van der Waals surface area contributed by atoms with E-state index >= 15 is 0 Å². The van der Waals surface area contributed by atoms with Gasteiger partial charge in [0, 0.05) is 44.0 Å². The first-order valence-electron chi connectivity index (χ1n) is 9.19. The van der Waals surface area contributed by atoms with Gasteiger partial charge in [0.1, 0.15) is 11.8 Å². The molecule has 142 valence electrons. The van der Waals surface area contributed by atoms with Crippen LogP contribution in [0.4, 0.5) is 0 Å². The van der Waals surface area contributed by atoms with Crippen molar-refractivity contribution in [3.63, 3.8) is 0 Å². The van der Waals surface area contributed by atoms with Crippen LogP contribution in [0.5, 0.6) is 5.75 Å². The second kappa shape index (κ2) is 8.66. The lowest BCUT2D eigenvalue weighted by Gasteiger charge is -2.31. The first-order chi connectivity index (χ1) is 13.1. The number of carbonyl (C=O) groups is 2. The zero-order valence-corrected chi connectivity index (χ0v) is 15.8. The van der Waals surface area contributed by atoms with E-state index < -0.39 is 6.04 Å². The van der Waals surface area contributed by atoms with Gasteiger partial charge in [-0.15, -0.1) is 0 Å². The first-order valence-corrected chi connectivity index (χ1v) is 9.19. The van der Waals surface area contributed by atoms with Gasteiger partial charge in [0.15, 0.2) is 0 Å². The summed E-state index contributed by atoms with van der Waals surface area (Å²) in [6, 6.07) is 11.0. The van der Waals surface area contributed by atoms with Crippen molar-refractivity contribution in [1.29, 1.82) is 0 Å². The molecule has 1 aliphatic rings. The summed E-state index contributed by atoms with van der Waals surface area (Å²) in [6.07, 6.45) is 4.77. The van der Waals surface area contributed by atoms with Crippen LogP contribution in [0.2, 0.25) is 0 Å². The fourth-order valence-electron chi connectivity index (χ4n) is 3.44. The zero-order valence-electron chi connectivity index (χ0n) is 15.8. The molecule has 2 amide bonds. The molecule has 1 fully saturated rings. The van der Waals surface area contributed by atoms with Gasteiger partial charge >= 0.3 is 0 Å². The smallest absolute Gasteiger partial charge is 0.245 e. The van der Waals surface area contributed by atoms with Crippen molar-refractivity contribution >= 4 is 11.8 Å². The van der Waals surface area contributed by atoms with Crippen molar-refractivity contribution in [1.82, 2.24) is 14.8 Å². The molecule has 1 atom stereocenters. The van der Waals surface area contributed by atoms with E-state index in [4.69, 9.17) is 4.74 Å². The molecule has 1 aromatic carbocycles. The number of nitrogens with zero attached hydrogens (tertiary/aromatic N) is 3. The van der Waals surface area contributed by atoms with Crippen LogP contribution in [-0.2, 0) is 22.7 Å². The van der Waals surface area contributed by atoms with E-state index in [9.17, 15) is 9.59 Å². The van der Waals surface area contributed by atoms with Crippen LogP contribution < -0.4 is 4.74 Å². The lowest BCUT2D eigenvalue weighted by atomic mass is 10.1. The molecule has 2 heterocycles. The maximum atomic E-state index is 13.3. The number of benzene rings is 1. The minimum Gasteiger partial charge on any atom is -0.496 e. The summed E-state index contributed by atoms with van der Waals surface area (Å²) in [4.78, 5) is 32.9. The molecule has 1 unspecified atom stereocenters. The average Bonchev–Trinajstić information content (AvgIpc) is 3.13. The van der Waals surface area contributed by atoms with Gasteiger partial charge in [-0.05, 0) is 37.1 Å². The van der Waals surface area contributed by atoms with E-state index in [-0.39, 0.29) is 11.8 Å². The molecule has 0 aliphatic carbocycles. The van der Waals surface area contributed by atoms with Crippen LogP contribution in [0.3, 0.4) is 0 Å². The summed E-state index contributed by atoms with van der Waals surface area (Å²) < 4.78 is 5.44. The highest BCUT2D eigenvalue weighted by Gasteiger charge is 2.32. The average molecular weight is 367 g/mol. The number of aromatic nitrogens is 1. The molecule has 1 aromatic heterocycles. The number of methoxy groups -OCH3 is 1. The highest BCUT2D eigenvalue weighted by molar-refractivity contribution is 5.88. The molecular weight excluding hydrogens is 342 g/mol. The number of carbonyl (C=O) groups excluding carboxylic acids is 2. The molecule has 6 nitrogen and oxygen atoms in total. The van der Waals surface area contributed by atoms with Gasteiger partial charge in [-0.2, -0.15) is 0 Å². The molecule has 1 saturated heterocycles. The highest BCUT2D eigenvalue weighted by Crippen LogP contribution is 2.22. The molecule has 2 aromatic rings. The van der Waals surface area contributed by atoms with Gasteiger partial charge in [0.25, 0.3) is 0 Å². The van der Waals surface area contributed by atoms with Gasteiger partial charge in [0.2, 0.25) is 11.8 Å². The lowest BCUT2D eigenvalue weighted by molar-refractivity contribution is -0.143. The van der Waals surface area contributed by atoms with E-state index in [1.165, 1.54) is 0 Å². The van der Waals surface area contributed by atoms with Crippen LogP contribution in [0.15, 0.2) is 48.8 Å². The van der Waals surface area contributed by atoms with E-state index in [1.807, 2.05) is 43.3 Å². The summed E-state index contributed by atoms with van der Waals surface area (Å²) in [6.45, 7) is 3.32. The maximum Gasteiger partial charge on any atom is 0.245 e. The van der Waals surface area contributed by atoms with Crippen molar-refractivity contribution in [3.05, 3.63) is 59.9 Å². The SMILES string of the molecule is COc1ccccc1CN(Cc1ccncc1)C(=O)C(C)N1CCCC1=O. The van der Waals surface area contributed by atoms with Crippen LogP contribution in [0.25, 0.3) is 0 Å². The van der Waals surface area contributed by atoms with Crippen molar-refractivity contribution in [2.75, 3.05) is 13.7 Å². The molecular formula is C21H25N3O3. The molecule has 27 heavy (non-hydrogen) atoms. The van der Waals surface area contributed by atoms with Gasteiger partial charge in [-0.3, -0.25) is 14.6 Å². The summed E-state index contributed by atoms with van der Waals surface area (Å²) >= 11 is 0. The van der Waals surface area contributed by atoms with Crippen molar-refractivity contribution < 1.29 is 14.3 Å². The Morgan fingerprint density at radius 2 is 1.96 bits per heavy atom.